The highest BCUT2D eigenvalue weighted by Gasteiger charge is 2.28. The van der Waals surface area contributed by atoms with Gasteiger partial charge in [-0.25, -0.2) is 15.0 Å². The zero-order valence-corrected chi connectivity index (χ0v) is 20.7. The number of carbonyl (C=O) groups is 1. The normalized spacial score (nSPS) is 17.5. The first kappa shape index (κ1) is 25.3. The third kappa shape index (κ3) is 6.25. The molecular weight excluding hydrogens is 466 g/mol. The van der Waals surface area contributed by atoms with Crippen LogP contribution in [0.25, 0.3) is 11.4 Å². The molecule has 0 radical (unpaired) electrons. The van der Waals surface area contributed by atoms with Crippen LogP contribution in [-0.2, 0) is 23.1 Å². The van der Waals surface area contributed by atoms with Crippen molar-refractivity contribution >= 4 is 11.9 Å². The lowest BCUT2D eigenvalue weighted by molar-refractivity contribution is -0.143. The van der Waals surface area contributed by atoms with Gasteiger partial charge in [-0.05, 0) is 32.6 Å². The molecule has 2 atom stereocenters. The van der Waals surface area contributed by atoms with Crippen LogP contribution in [0.5, 0.6) is 11.6 Å². The average Bonchev–Trinajstić information content (AvgIpc) is 3.24. The summed E-state index contributed by atoms with van der Waals surface area (Å²) in [7, 11) is 3.46. The first-order valence-corrected chi connectivity index (χ1v) is 11.9. The number of aryl methyl sites for hydroxylation is 2. The molecule has 4 rings (SSSR count). The van der Waals surface area contributed by atoms with Crippen molar-refractivity contribution in [1.29, 1.82) is 0 Å². The van der Waals surface area contributed by atoms with Gasteiger partial charge in [0.15, 0.2) is 11.6 Å². The van der Waals surface area contributed by atoms with Crippen molar-refractivity contribution in [2.45, 2.75) is 45.3 Å². The molecule has 1 saturated carbocycles. The van der Waals surface area contributed by atoms with Gasteiger partial charge in [0.25, 0.3) is 0 Å². The van der Waals surface area contributed by atoms with Crippen LogP contribution in [0.15, 0.2) is 24.7 Å². The molecule has 0 aromatic carbocycles. The Bertz CT molecular complexity index is 1190. The monoisotopic (exact) mass is 497 g/mol. The van der Waals surface area contributed by atoms with E-state index in [9.17, 15) is 9.90 Å². The topological polar surface area (TPSA) is 146 Å². The fraction of sp³-hybridized carbons (Fsp3) is 0.500. The number of ether oxygens (including phenoxy) is 3. The molecule has 0 aliphatic heterocycles. The predicted octanol–water partition coefficient (Wildman–Crippen LogP) is 2.64. The molecule has 12 heteroatoms. The van der Waals surface area contributed by atoms with E-state index in [0.29, 0.717) is 61.7 Å². The molecule has 36 heavy (non-hydrogen) atoms. The van der Waals surface area contributed by atoms with E-state index in [0.717, 1.165) is 24.1 Å². The second-order valence-corrected chi connectivity index (χ2v) is 8.63. The molecule has 3 aromatic heterocycles. The van der Waals surface area contributed by atoms with Crippen molar-refractivity contribution in [1.82, 2.24) is 29.7 Å². The van der Waals surface area contributed by atoms with Gasteiger partial charge >= 0.3 is 5.97 Å². The standard InChI is InChI=1S/C24H31N7O5/c1-15-20(36-17-6-4-5-16(11-17)23(32)33)14-26-22(29-15)18-12-28-31(2)19(18)13-27-24-25-8-7-21(30-24)35-10-9-34-3/h7-8,12,14,16-17H,4-6,9-11,13H2,1-3H3,(H,32,33)(H,25,27,30)/t16-,17-/m0/s1. The van der Waals surface area contributed by atoms with Gasteiger partial charge in [0.2, 0.25) is 11.8 Å². The summed E-state index contributed by atoms with van der Waals surface area (Å²) < 4.78 is 18.4. The van der Waals surface area contributed by atoms with E-state index in [-0.39, 0.29) is 12.0 Å². The summed E-state index contributed by atoms with van der Waals surface area (Å²) in [4.78, 5) is 29.1. The Morgan fingerprint density at radius 1 is 1.22 bits per heavy atom. The van der Waals surface area contributed by atoms with E-state index < -0.39 is 5.97 Å². The van der Waals surface area contributed by atoms with Crippen LogP contribution in [0.3, 0.4) is 0 Å². The van der Waals surface area contributed by atoms with Crippen LogP contribution in [0, 0.1) is 12.8 Å². The summed E-state index contributed by atoms with van der Waals surface area (Å²) in [5.41, 5.74) is 2.31. The third-order valence-corrected chi connectivity index (χ3v) is 6.09. The minimum Gasteiger partial charge on any atom is -0.487 e. The molecule has 1 aliphatic carbocycles. The van der Waals surface area contributed by atoms with Crippen LogP contribution >= 0.6 is 0 Å². The Hall–Kier alpha value is -3.80. The first-order chi connectivity index (χ1) is 17.4. The van der Waals surface area contributed by atoms with E-state index in [2.05, 4.69) is 30.4 Å². The number of nitrogens with one attached hydrogen (secondary N) is 1. The molecule has 0 amide bonds. The van der Waals surface area contributed by atoms with Gasteiger partial charge in [0, 0.05) is 26.4 Å². The van der Waals surface area contributed by atoms with Crippen LogP contribution in [0.4, 0.5) is 5.95 Å². The zero-order valence-electron chi connectivity index (χ0n) is 20.7. The summed E-state index contributed by atoms with van der Waals surface area (Å²) in [5, 5.41) is 16.9. The highest BCUT2D eigenvalue weighted by atomic mass is 16.5. The van der Waals surface area contributed by atoms with Crippen molar-refractivity contribution in [3.8, 4) is 23.0 Å². The lowest BCUT2D eigenvalue weighted by Crippen LogP contribution is -2.29. The van der Waals surface area contributed by atoms with E-state index in [1.54, 1.807) is 36.4 Å². The van der Waals surface area contributed by atoms with Crippen LogP contribution in [-0.4, -0.2) is 67.2 Å². The summed E-state index contributed by atoms with van der Waals surface area (Å²) in [6, 6.07) is 1.69. The zero-order chi connectivity index (χ0) is 25.5. The molecule has 0 bridgehead atoms. The second kappa shape index (κ2) is 11.8. The molecule has 3 heterocycles. The highest BCUT2D eigenvalue weighted by molar-refractivity contribution is 5.70. The molecule has 1 fully saturated rings. The Kier molecular flexibility index (Phi) is 8.26. The number of aromatic nitrogens is 6. The number of hydrogen-bond donors (Lipinski definition) is 2. The highest BCUT2D eigenvalue weighted by Crippen LogP contribution is 2.30. The summed E-state index contributed by atoms with van der Waals surface area (Å²) in [5.74, 6) is 0.838. The Morgan fingerprint density at radius 3 is 2.86 bits per heavy atom. The third-order valence-electron chi connectivity index (χ3n) is 6.09. The Labute approximate surface area is 209 Å². The van der Waals surface area contributed by atoms with Gasteiger partial charge in [0.1, 0.15) is 6.61 Å². The predicted molar refractivity (Wildman–Crippen MR) is 130 cm³/mol. The van der Waals surface area contributed by atoms with E-state index >= 15 is 0 Å². The minimum atomic E-state index is -0.764. The Morgan fingerprint density at radius 2 is 2.08 bits per heavy atom. The number of anilines is 1. The molecule has 0 saturated heterocycles. The quantitative estimate of drug-likeness (QED) is 0.377. The number of methoxy groups -OCH3 is 1. The van der Waals surface area contributed by atoms with Crippen molar-refractivity contribution in [3.63, 3.8) is 0 Å². The maximum atomic E-state index is 11.4. The Balaban J connectivity index is 1.43. The van der Waals surface area contributed by atoms with Gasteiger partial charge < -0.3 is 24.6 Å². The number of carboxylic acid groups (broad SMARTS) is 1. The van der Waals surface area contributed by atoms with E-state index in [4.69, 9.17) is 14.2 Å². The van der Waals surface area contributed by atoms with Crippen molar-refractivity contribution in [2.24, 2.45) is 13.0 Å². The molecule has 3 aromatic rings. The van der Waals surface area contributed by atoms with Crippen LogP contribution in [0.1, 0.15) is 37.1 Å². The van der Waals surface area contributed by atoms with Crippen molar-refractivity contribution in [3.05, 3.63) is 36.0 Å². The lowest BCUT2D eigenvalue weighted by Gasteiger charge is -2.27. The molecule has 0 unspecified atom stereocenters. The molecule has 1 aliphatic rings. The number of rotatable bonds is 11. The maximum absolute atomic E-state index is 11.4. The second-order valence-electron chi connectivity index (χ2n) is 8.63. The average molecular weight is 498 g/mol. The van der Waals surface area contributed by atoms with Gasteiger partial charge in [-0.2, -0.15) is 10.1 Å². The number of carboxylic acids is 1. The SMILES string of the molecule is COCCOc1ccnc(NCc2c(-c3ncc(O[C@H]4CCC[C@H](C(=O)O)C4)c(C)n3)cnn2C)n1. The fourth-order valence-electron chi connectivity index (χ4n) is 4.12. The molecular formula is C24H31N7O5. The van der Waals surface area contributed by atoms with Gasteiger partial charge in [0.05, 0.1) is 54.5 Å². The van der Waals surface area contributed by atoms with Crippen molar-refractivity contribution < 1.29 is 24.1 Å². The van der Waals surface area contributed by atoms with E-state index in [1.807, 2.05) is 14.0 Å². The smallest absolute Gasteiger partial charge is 0.306 e. The van der Waals surface area contributed by atoms with Crippen LogP contribution < -0.4 is 14.8 Å². The van der Waals surface area contributed by atoms with Crippen molar-refractivity contribution in [2.75, 3.05) is 25.6 Å². The maximum Gasteiger partial charge on any atom is 0.306 e. The summed E-state index contributed by atoms with van der Waals surface area (Å²) in [6.45, 7) is 3.12. The lowest BCUT2D eigenvalue weighted by atomic mass is 9.87. The van der Waals surface area contributed by atoms with E-state index in [1.165, 1.54) is 0 Å². The molecule has 0 spiro atoms. The molecule has 12 nitrogen and oxygen atoms in total. The number of nitrogens with zero attached hydrogens (tertiary/aromatic N) is 6. The van der Waals surface area contributed by atoms with Gasteiger partial charge in [-0.15, -0.1) is 0 Å². The number of hydrogen-bond acceptors (Lipinski definition) is 10. The summed E-state index contributed by atoms with van der Waals surface area (Å²) in [6.07, 6.45) is 7.68. The summed E-state index contributed by atoms with van der Waals surface area (Å²) >= 11 is 0. The number of aliphatic carboxylic acids is 1. The van der Waals surface area contributed by atoms with Gasteiger partial charge in [-0.3, -0.25) is 9.48 Å². The van der Waals surface area contributed by atoms with Gasteiger partial charge in [-0.1, -0.05) is 0 Å². The first-order valence-electron chi connectivity index (χ1n) is 11.9. The molecule has 192 valence electrons. The van der Waals surface area contributed by atoms with Crippen LogP contribution in [0.2, 0.25) is 0 Å². The largest absolute Gasteiger partial charge is 0.487 e. The minimum absolute atomic E-state index is 0.152. The fourth-order valence-corrected chi connectivity index (χ4v) is 4.12. The molecule has 2 N–H and O–H groups in total.